The fraction of sp³-hybridized carbons (Fsp3) is 0.562. The van der Waals surface area contributed by atoms with Crippen LogP contribution in [0.4, 0.5) is 5.69 Å². The van der Waals surface area contributed by atoms with Crippen LogP contribution in [0.5, 0.6) is 5.75 Å². The number of methoxy groups -OCH3 is 1. The van der Waals surface area contributed by atoms with Gasteiger partial charge < -0.3 is 10.1 Å². The molecule has 0 saturated heterocycles. The minimum atomic E-state index is -0.0158. The maximum atomic E-state index is 12.4. The standard InChI is InChI=1S/C16H21NO2/c1-16(9-4-3-5-10-16)13-11-7-6-8-12(19-2)14(11)17-15(13)18/h6-8,13H,3-5,9-10H2,1-2H3,(H,17,18). The fourth-order valence-corrected chi connectivity index (χ4v) is 3.77. The molecule has 1 N–H and O–H groups in total. The lowest BCUT2D eigenvalue weighted by atomic mass is 9.65. The number of amides is 1. The van der Waals surface area contributed by atoms with Gasteiger partial charge in [0.1, 0.15) is 5.75 Å². The molecule has 2 aliphatic rings. The van der Waals surface area contributed by atoms with Crippen molar-refractivity contribution in [3.8, 4) is 5.75 Å². The summed E-state index contributed by atoms with van der Waals surface area (Å²) in [7, 11) is 1.65. The van der Waals surface area contributed by atoms with Crippen molar-refractivity contribution in [2.24, 2.45) is 5.41 Å². The second-order valence-electron chi connectivity index (χ2n) is 6.06. The van der Waals surface area contributed by atoms with Gasteiger partial charge in [-0.1, -0.05) is 38.3 Å². The molecule has 1 fully saturated rings. The van der Waals surface area contributed by atoms with E-state index in [0.717, 1.165) is 29.8 Å². The molecule has 3 rings (SSSR count). The first-order chi connectivity index (χ1) is 9.15. The number of para-hydroxylation sites is 1. The fourth-order valence-electron chi connectivity index (χ4n) is 3.77. The third-order valence-corrected chi connectivity index (χ3v) is 4.79. The minimum absolute atomic E-state index is 0.0158. The van der Waals surface area contributed by atoms with E-state index < -0.39 is 0 Å². The summed E-state index contributed by atoms with van der Waals surface area (Å²) in [4.78, 5) is 12.4. The highest BCUT2D eigenvalue weighted by molar-refractivity contribution is 6.05. The van der Waals surface area contributed by atoms with Gasteiger partial charge in [-0.15, -0.1) is 0 Å². The Labute approximate surface area is 114 Å². The number of nitrogens with one attached hydrogen (secondary N) is 1. The molecule has 1 unspecified atom stereocenters. The van der Waals surface area contributed by atoms with Gasteiger partial charge in [0, 0.05) is 0 Å². The zero-order chi connectivity index (χ0) is 13.5. The number of fused-ring (bicyclic) bond motifs is 1. The molecular formula is C16H21NO2. The molecule has 1 aliphatic heterocycles. The molecule has 1 aromatic rings. The number of hydrogen-bond acceptors (Lipinski definition) is 2. The van der Waals surface area contributed by atoms with Gasteiger partial charge in [-0.2, -0.15) is 0 Å². The van der Waals surface area contributed by atoms with E-state index in [9.17, 15) is 4.79 Å². The highest BCUT2D eigenvalue weighted by Crippen LogP contribution is 2.53. The molecule has 1 aromatic carbocycles. The van der Waals surface area contributed by atoms with Gasteiger partial charge in [-0.05, 0) is 29.9 Å². The first-order valence-corrected chi connectivity index (χ1v) is 7.13. The second kappa shape index (κ2) is 4.55. The zero-order valence-corrected chi connectivity index (χ0v) is 11.7. The maximum Gasteiger partial charge on any atom is 0.232 e. The number of ether oxygens (including phenoxy) is 1. The summed E-state index contributed by atoms with van der Waals surface area (Å²) in [5.74, 6) is 0.898. The summed E-state index contributed by atoms with van der Waals surface area (Å²) in [6.45, 7) is 2.27. The van der Waals surface area contributed by atoms with Crippen LogP contribution >= 0.6 is 0 Å². The van der Waals surface area contributed by atoms with Gasteiger partial charge in [0.2, 0.25) is 5.91 Å². The lowest BCUT2D eigenvalue weighted by Gasteiger charge is -2.37. The van der Waals surface area contributed by atoms with E-state index in [1.54, 1.807) is 7.11 Å². The topological polar surface area (TPSA) is 38.3 Å². The predicted molar refractivity (Wildman–Crippen MR) is 75.6 cm³/mol. The average molecular weight is 259 g/mol. The SMILES string of the molecule is COc1cccc2c1NC(=O)C2C1(C)CCCCC1. The average Bonchev–Trinajstić information content (AvgIpc) is 2.76. The van der Waals surface area contributed by atoms with E-state index in [2.05, 4.69) is 18.3 Å². The molecular weight excluding hydrogens is 238 g/mol. The Bertz CT molecular complexity index is 503. The first kappa shape index (κ1) is 12.5. The Kier molecular flexibility index (Phi) is 3.00. The van der Waals surface area contributed by atoms with E-state index in [-0.39, 0.29) is 17.2 Å². The number of hydrogen-bond donors (Lipinski definition) is 1. The summed E-state index contributed by atoms with van der Waals surface area (Å²) < 4.78 is 5.36. The molecule has 0 radical (unpaired) electrons. The van der Waals surface area contributed by atoms with Gasteiger partial charge in [-0.3, -0.25) is 4.79 Å². The van der Waals surface area contributed by atoms with Crippen LogP contribution in [-0.4, -0.2) is 13.0 Å². The quantitative estimate of drug-likeness (QED) is 0.879. The zero-order valence-electron chi connectivity index (χ0n) is 11.7. The molecule has 0 bridgehead atoms. The van der Waals surface area contributed by atoms with Gasteiger partial charge >= 0.3 is 0 Å². The van der Waals surface area contributed by atoms with Crippen LogP contribution in [0.2, 0.25) is 0 Å². The van der Waals surface area contributed by atoms with Gasteiger partial charge in [0.25, 0.3) is 0 Å². The Morgan fingerprint density at radius 1 is 1.26 bits per heavy atom. The third-order valence-electron chi connectivity index (χ3n) is 4.79. The first-order valence-electron chi connectivity index (χ1n) is 7.13. The van der Waals surface area contributed by atoms with Crippen molar-refractivity contribution in [1.29, 1.82) is 0 Å². The highest BCUT2D eigenvalue weighted by Gasteiger charge is 2.45. The number of carbonyl (C=O) groups excluding carboxylic acids is 1. The number of benzene rings is 1. The van der Waals surface area contributed by atoms with Crippen molar-refractivity contribution < 1.29 is 9.53 Å². The van der Waals surface area contributed by atoms with Crippen LogP contribution < -0.4 is 10.1 Å². The monoisotopic (exact) mass is 259 g/mol. The molecule has 1 saturated carbocycles. The van der Waals surface area contributed by atoms with Crippen molar-refractivity contribution in [1.82, 2.24) is 0 Å². The highest BCUT2D eigenvalue weighted by atomic mass is 16.5. The molecule has 1 aliphatic carbocycles. The largest absolute Gasteiger partial charge is 0.495 e. The van der Waals surface area contributed by atoms with E-state index in [1.165, 1.54) is 19.3 Å². The van der Waals surface area contributed by atoms with E-state index >= 15 is 0 Å². The van der Waals surface area contributed by atoms with Gasteiger partial charge in [0.05, 0.1) is 18.7 Å². The Morgan fingerprint density at radius 2 is 2.00 bits per heavy atom. The van der Waals surface area contributed by atoms with Gasteiger partial charge in [0.15, 0.2) is 0 Å². The van der Waals surface area contributed by atoms with Crippen molar-refractivity contribution in [2.45, 2.75) is 44.9 Å². The smallest absolute Gasteiger partial charge is 0.232 e. The lowest BCUT2D eigenvalue weighted by Crippen LogP contribution is -2.32. The molecule has 0 aromatic heterocycles. The summed E-state index contributed by atoms with van der Waals surface area (Å²) in [6, 6.07) is 5.96. The lowest BCUT2D eigenvalue weighted by molar-refractivity contribution is -0.120. The van der Waals surface area contributed by atoms with Crippen molar-refractivity contribution in [3.63, 3.8) is 0 Å². The van der Waals surface area contributed by atoms with Crippen LogP contribution in [0.15, 0.2) is 18.2 Å². The van der Waals surface area contributed by atoms with E-state index in [0.29, 0.717) is 0 Å². The van der Waals surface area contributed by atoms with Crippen molar-refractivity contribution in [2.75, 3.05) is 12.4 Å². The van der Waals surface area contributed by atoms with Crippen LogP contribution in [-0.2, 0) is 4.79 Å². The second-order valence-corrected chi connectivity index (χ2v) is 6.06. The number of anilines is 1. The summed E-state index contributed by atoms with van der Waals surface area (Å²) >= 11 is 0. The summed E-state index contributed by atoms with van der Waals surface area (Å²) in [5.41, 5.74) is 2.10. The molecule has 102 valence electrons. The molecule has 19 heavy (non-hydrogen) atoms. The van der Waals surface area contributed by atoms with Gasteiger partial charge in [-0.25, -0.2) is 0 Å². The van der Waals surface area contributed by atoms with Crippen LogP contribution in [0.25, 0.3) is 0 Å². The van der Waals surface area contributed by atoms with Crippen LogP contribution in [0, 0.1) is 5.41 Å². The third kappa shape index (κ3) is 1.92. The summed E-state index contributed by atoms with van der Waals surface area (Å²) in [6.07, 6.45) is 6.05. The molecule has 3 heteroatoms. The number of carbonyl (C=O) groups is 1. The molecule has 1 atom stereocenters. The van der Waals surface area contributed by atoms with Crippen molar-refractivity contribution in [3.05, 3.63) is 23.8 Å². The Morgan fingerprint density at radius 3 is 2.68 bits per heavy atom. The maximum absolute atomic E-state index is 12.4. The Balaban J connectivity index is 2.03. The minimum Gasteiger partial charge on any atom is -0.495 e. The van der Waals surface area contributed by atoms with E-state index in [4.69, 9.17) is 4.74 Å². The molecule has 1 amide bonds. The van der Waals surface area contributed by atoms with Crippen LogP contribution in [0.1, 0.15) is 50.5 Å². The molecule has 1 heterocycles. The Hall–Kier alpha value is -1.51. The van der Waals surface area contributed by atoms with E-state index in [1.807, 2.05) is 12.1 Å². The molecule has 0 spiro atoms. The normalized spacial score (nSPS) is 24.7. The van der Waals surface area contributed by atoms with Crippen LogP contribution in [0.3, 0.4) is 0 Å². The summed E-state index contributed by atoms with van der Waals surface area (Å²) in [5, 5.41) is 3.03. The number of rotatable bonds is 2. The molecule has 3 nitrogen and oxygen atoms in total. The predicted octanol–water partition coefficient (Wildman–Crippen LogP) is 3.70. The van der Waals surface area contributed by atoms with Crippen molar-refractivity contribution >= 4 is 11.6 Å².